The van der Waals surface area contributed by atoms with Gasteiger partial charge in [0.15, 0.2) is 9.84 Å². The van der Waals surface area contributed by atoms with Gasteiger partial charge in [-0.2, -0.15) is 5.10 Å². The van der Waals surface area contributed by atoms with Gasteiger partial charge in [0.2, 0.25) is 0 Å². The molecule has 1 rings (SSSR count). The number of hydrogen-bond acceptors (Lipinski definition) is 5. The molecule has 6 nitrogen and oxygen atoms in total. The molecule has 0 aliphatic carbocycles. The van der Waals surface area contributed by atoms with E-state index in [1.807, 2.05) is 6.92 Å². The predicted molar refractivity (Wildman–Crippen MR) is 82.5 cm³/mol. The number of ether oxygens (including phenoxy) is 1. The van der Waals surface area contributed by atoms with Crippen molar-refractivity contribution in [2.24, 2.45) is 0 Å². The van der Waals surface area contributed by atoms with Crippen LogP contribution in [0.5, 0.6) is 0 Å². The van der Waals surface area contributed by atoms with Crippen LogP contribution in [0, 0.1) is 0 Å². The van der Waals surface area contributed by atoms with Gasteiger partial charge in [-0.1, -0.05) is 6.92 Å². The average molecular weight is 368 g/mol. The highest BCUT2D eigenvalue weighted by molar-refractivity contribution is 9.10. The Morgan fingerprint density at radius 3 is 2.70 bits per heavy atom. The number of rotatable bonds is 8. The normalized spacial score (nSPS) is 15.2. The number of halogens is 1. The van der Waals surface area contributed by atoms with Crippen molar-refractivity contribution in [1.29, 1.82) is 0 Å². The fraction of sp³-hybridized carbons (Fsp3) is 0.750. The van der Waals surface area contributed by atoms with E-state index in [1.54, 1.807) is 24.9 Å². The minimum atomic E-state index is -3.16. The summed E-state index contributed by atoms with van der Waals surface area (Å²) >= 11 is 3.46. The number of nitrogens with zero attached hydrogens (tertiary/aromatic N) is 2. The van der Waals surface area contributed by atoms with Gasteiger partial charge in [0.05, 0.1) is 40.8 Å². The lowest BCUT2D eigenvalue weighted by molar-refractivity contribution is 0.181. The molecule has 0 fully saturated rings. The second-order valence-electron chi connectivity index (χ2n) is 4.66. The van der Waals surface area contributed by atoms with Crippen LogP contribution >= 0.6 is 15.9 Å². The quantitative estimate of drug-likeness (QED) is 0.751. The maximum Gasteiger partial charge on any atom is 0.151 e. The molecule has 1 aromatic rings. The van der Waals surface area contributed by atoms with Gasteiger partial charge in [0, 0.05) is 13.4 Å². The Bertz CT molecular complexity index is 530. The monoisotopic (exact) mass is 367 g/mol. The molecule has 0 bridgehead atoms. The number of sulfone groups is 1. The Kier molecular flexibility index (Phi) is 6.63. The molecule has 0 amide bonds. The summed E-state index contributed by atoms with van der Waals surface area (Å²) in [5.74, 6) is 0. The third-order valence-corrected chi connectivity index (χ3v) is 5.44. The number of nitrogens with one attached hydrogen (secondary N) is 1. The van der Waals surface area contributed by atoms with E-state index in [0.29, 0.717) is 19.7 Å². The molecule has 0 aromatic carbocycles. The van der Waals surface area contributed by atoms with Crippen LogP contribution in [0.1, 0.15) is 25.6 Å². The zero-order valence-corrected chi connectivity index (χ0v) is 14.7. The summed E-state index contributed by atoms with van der Waals surface area (Å²) in [7, 11) is -1.54. The molecule has 0 saturated heterocycles. The first-order valence-electron chi connectivity index (χ1n) is 6.45. The Morgan fingerprint density at radius 1 is 1.55 bits per heavy atom. The van der Waals surface area contributed by atoms with Crippen LogP contribution in [0.2, 0.25) is 0 Å². The van der Waals surface area contributed by atoms with E-state index in [9.17, 15) is 8.42 Å². The van der Waals surface area contributed by atoms with Crippen molar-refractivity contribution in [2.45, 2.75) is 31.7 Å². The minimum Gasteiger partial charge on any atom is -0.383 e. The molecule has 1 aromatic heterocycles. The molecule has 0 spiro atoms. The van der Waals surface area contributed by atoms with Crippen molar-refractivity contribution in [3.05, 3.63) is 16.4 Å². The Balaban J connectivity index is 3.17. The standard InChI is InChI=1S/C12H22BrN3O3S/c1-5-14-11(9(2)20(4,17)18)12-10(13)8-15-16(12)6-7-19-3/h8-9,11,14H,5-7H2,1-4H3. The first kappa shape index (κ1) is 17.6. The summed E-state index contributed by atoms with van der Waals surface area (Å²) in [6.45, 7) is 5.43. The summed E-state index contributed by atoms with van der Waals surface area (Å²) in [6, 6.07) is -0.316. The molecule has 1 N–H and O–H groups in total. The molecule has 20 heavy (non-hydrogen) atoms. The molecule has 1 heterocycles. The number of aromatic nitrogens is 2. The second kappa shape index (κ2) is 7.53. The average Bonchev–Trinajstić information content (AvgIpc) is 2.73. The zero-order valence-electron chi connectivity index (χ0n) is 12.3. The van der Waals surface area contributed by atoms with Crippen LogP contribution in [-0.4, -0.2) is 50.0 Å². The molecule has 0 radical (unpaired) electrons. The molecule has 2 atom stereocenters. The van der Waals surface area contributed by atoms with Crippen LogP contribution in [0.3, 0.4) is 0 Å². The number of methoxy groups -OCH3 is 1. The molecule has 0 aliphatic heterocycles. The topological polar surface area (TPSA) is 73.2 Å². The van der Waals surface area contributed by atoms with Gasteiger partial charge in [-0.3, -0.25) is 4.68 Å². The zero-order chi connectivity index (χ0) is 15.3. The lowest BCUT2D eigenvalue weighted by Gasteiger charge is -2.25. The third kappa shape index (κ3) is 4.28. The van der Waals surface area contributed by atoms with Gasteiger partial charge in [0.25, 0.3) is 0 Å². The van der Waals surface area contributed by atoms with E-state index >= 15 is 0 Å². The van der Waals surface area contributed by atoms with Gasteiger partial charge < -0.3 is 10.1 Å². The minimum absolute atomic E-state index is 0.316. The molecule has 0 aliphatic rings. The van der Waals surface area contributed by atoms with Crippen molar-refractivity contribution in [3.63, 3.8) is 0 Å². The summed E-state index contributed by atoms with van der Waals surface area (Å²) in [4.78, 5) is 0. The highest BCUT2D eigenvalue weighted by atomic mass is 79.9. The maximum absolute atomic E-state index is 11.9. The van der Waals surface area contributed by atoms with Gasteiger partial charge >= 0.3 is 0 Å². The Morgan fingerprint density at radius 2 is 2.20 bits per heavy atom. The second-order valence-corrected chi connectivity index (χ2v) is 7.92. The summed E-state index contributed by atoms with van der Waals surface area (Å²) in [5.41, 5.74) is 0.835. The smallest absolute Gasteiger partial charge is 0.151 e. The summed E-state index contributed by atoms with van der Waals surface area (Å²) in [6.07, 6.45) is 2.94. The van der Waals surface area contributed by atoms with Gasteiger partial charge in [-0.05, 0) is 29.4 Å². The largest absolute Gasteiger partial charge is 0.383 e. The van der Waals surface area contributed by atoms with Gasteiger partial charge in [-0.15, -0.1) is 0 Å². The van der Waals surface area contributed by atoms with Crippen LogP contribution < -0.4 is 5.32 Å². The van der Waals surface area contributed by atoms with Gasteiger partial charge in [-0.25, -0.2) is 8.42 Å². The molecular formula is C12H22BrN3O3S. The van der Waals surface area contributed by atoms with E-state index in [2.05, 4.69) is 26.3 Å². The predicted octanol–water partition coefficient (Wildman–Crippen LogP) is 1.38. The van der Waals surface area contributed by atoms with Crippen LogP contribution in [0.4, 0.5) is 0 Å². The first-order chi connectivity index (χ1) is 9.32. The SMILES string of the molecule is CCNC(c1c(Br)cnn1CCOC)C(C)S(C)(=O)=O. The third-order valence-electron chi connectivity index (χ3n) is 3.20. The lowest BCUT2D eigenvalue weighted by atomic mass is 10.1. The molecule has 116 valence electrons. The Labute approximate surface area is 128 Å². The van der Waals surface area contributed by atoms with Crippen molar-refractivity contribution < 1.29 is 13.2 Å². The van der Waals surface area contributed by atoms with Crippen molar-refractivity contribution in [2.75, 3.05) is 26.5 Å². The highest BCUT2D eigenvalue weighted by Gasteiger charge is 2.31. The van der Waals surface area contributed by atoms with E-state index < -0.39 is 15.1 Å². The van der Waals surface area contributed by atoms with E-state index in [-0.39, 0.29) is 6.04 Å². The molecule has 2 unspecified atom stereocenters. The molecule has 0 saturated carbocycles. The van der Waals surface area contributed by atoms with E-state index in [1.165, 1.54) is 6.26 Å². The number of hydrogen-bond donors (Lipinski definition) is 1. The van der Waals surface area contributed by atoms with Crippen LogP contribution in [-0.2, 0) is 21.1 Å². The van der Waals surface area contributed by atoms with Crippen LogP contribution in [0.25, 0.3) is 0 Å². The summed E-state index contributed by atoms with van der Waals surface area (Å²) < 4.78 is 31.4. The molecular weight excluding hydrogens is 346 g/mol. The summed E-state index contributed by atoms with van der Waals surface area (Å²) in [5, 5.41) is 6.97. The Hall–Kier alpha value is -0.440. The van der Waals surface area contributed by atoms with E-state index in [0.717, 1.165) is 10.2 Å². The van der Waals surface area contributed by atoms with Crippen LogP contribution in [0.15, 0.2) is 10.7 Å². The maximum atomic E-state index is 11.9. The van der Waals surface area contributed by atoms with Crippen molar-refractivity contribution >= 4 is 25.8 Å². The van der Waals surface area contributed by atoms with E-state index in [4.69, 9.17) is 4.74 Å². The fourth-order valence-corrected chi connectivity index (χ4v) is 3.25. The van der Waals surface area contributed by atoms with Crippen molar-refractivity contribution in [1.82, 2.24) is 15.1 Å². The fourth-order valence-electron chi connectivity index (χ4n) is 1.99. The van der Waals surface area contributed by atoms with Crippen molar-refractivity contribution in [3.8, 4) is 0 Å². The highest BCUT2D eigenvalue weighted by Crippen LogP contribution is 2.28. The van der Waals surface area contributed by atoms with Gasteiger partial charge in [0.1, 0.15) is 0 Å². The first-order valence-corrected chi connectivity index (χ1v) is 9.20. The lowest BCUT2D eigenvalue weighted by Crippen LogP contribution is -2.37. The molecule has 8 heteroatoms.